The molecule has 0 aliphatic rings. The van der Waals surface area contributed by atoms with E-state index < -0.39 is 0 Å². The van der Waals surface area contributed by atoms with E-state index in [0.717, 1.165) is 5.69 Å². The Labute approximate surface area is 127 Å². The summed E-state index contributed by atoms with van der Waals surface area (Å²) in [5, 5.41) is 6.83. The molecule has 0 saturated heterocycles. The molecule has 0 fully saturated rings. The van der Waals surface area contributed by atoms with Crippen LogP contribution in [0.3, 0.4) is 0 Å². The summed E-state index contributed by atoms with van der Waals surface area (Å²) < 4.78 is 15.2. The van der Waals surface area contributed by atoms with Gasteiger partial charge in [-0.2, -0.15) is 5.10 Å². The largest absolute Gasteiger partial charge is 0.348 e. The summed E-state index contributed by atoms with van der Waals surface area (Å²) in [5.41, 5.74) is 1.85. The van der Waals surface area contributed by atoms with E-state index in [9.17, 15) is 9.18 Å². The third-order valence-corrected chi connectivity index (χ3v) is 3.30. The third kappa shape index (κ3) is 3.03. The molecule has 0 radical (unpaired) electrons. The molecule has 0 saturated carbocycles. The Bertz CT molecular complexity index is 767. The van der Waals surface area contributed by atoms with Gasteiger partial charge in [0.05, 0.1) is 5.69 Å². The lowest BCUT2D eigenvalue weighted by molar-refractivity contribution is 0.0950. The SMILES string of the molecule is O=C(NCc1ccccc1F)c1ccc(-n2cccn2)cc1. The Morgan fingerprint density at radius 1 is 1.09 bits per heavy atom. The predicted molar refractivity (Wildman–Crippen MR) is 81.1 cm³/mol. The maximum absolute atomic E-state index is 13.5. The van der Waals surface area contributed by atoms with Gasteiger partial charge in [-0.1, -0.05) is 18.2 Å². The van der Waals surface area contributed by atoms with Gasteiger partial charge >= 0.3 is 0 Å². The lowest BCUT2D eigenvalue weighted by atomic mass is 10.1. The number of amides is 1. The van der Waals surface area contributed by atoms with E-state index in [2.05, 4.69) is 10.4 Å². The fourth-order valence-corrected chi connectivity index (χ4v) is 2.11. The Morgan fingerprint density at radius 2 is 1.86 bits per heavy atom. The Balaban J connectivity index is 1.67. The molecule has 1 N–H and O–H groups in total. The molecule has 2 aromatic carbocycles. The van der Waals surface area contributed by atoms with Crippen LogP contribution >= 0.6 is 0 Å². The van der Waals surface area contributed by atoms with Gasteiger partial charge in [0.15, 0.2) is 0 Å². The molecule has 3 rings (SSSR count). The van der Waals surface area contributed by atoms with E-state index in [-0.39, 0.29) is 18.3 Å². The van der Waals surface area contributed by atoms with E-state index in [4.69, 9.17) is 0 Å². The van der Waals surface area contributed by atoms with Gasteiger partial charge in [-0.05, 0) is 36.4 Å². The number of rotatable bonds is 4. The highest BCUT2D eigenvalue weighted by molar-refractivity contribution is 5.94. The average Bonchev–Trinajstić information content (AvgIpc) is 3.08. The number of nitrogens with one attached hydrogen (secondary N) is 1. The van der Waals surface area contributed by atoms with Gasteiger partial charge in [0, 0.05) is 30.1 Å². The zero-order valence-corrected chi connectivity index (χ0v) is 11.7. The van der Waals surface area contributed by atoms with E-state index in [1.165, 1.54) is 6.07 Å². The van der Waals surface area contributed by atoms with Gasteiger partial charge in [0.25, 0.3) is 5.91 Å². The molecule has 5 heteroatoms. The van der Waals surface area contributed by atoms with Crippen molar-refractivity contribution in [3.05, 3.63) is 83.9 Å². The number of hydrogen-bond acceptors (Lipinski definition) is 2. The molecule has 0 unspecified atom stereocenters. The predicted octanol–water partition coefficient (Wildman–Crippen LogP) is 2.94. The maximum atomic E-state index is 13.5. The van der Waals surface area contributed by atoms with E-state index in [0.29, 0.717) is 11.1 Å². The van der Waals surface area contributed by atoms with E-state index in [1.807, 2.05) is 24.4 Å². The van der Waals surface area contributed by atoms with Crippen LogP contribution in [0.4, 0.5) is 4.39 Å². The lowest BCUT2D eigenvalue weighted by Gasteiger charge is -2.07. The maximum Gasteiger partial charge on any atom is 0.251 e. The second kappa shape index (κ2) is 6.22. The smallest absolute Gasteiger partial charge is 0.251 e. The van der Waals surface area contributed by atoms with Gasteiger partial charge < -0.3 is 5.32 Å². The van der Waals surface area contributed by atoms with Crippen LogP contribution in [-0.2, 0) is 6.54 Å². The monoisotopic (exact) mass is 295 g/mol. The molecule has 1 amide bonds. The molecule has 1 heterocycles. The van der Waals surface area contributed by atoms with Crippen LogP contribution in [0.2, 0.25) is 0 Å². The van der Waals surface area contributed by atoms with Crippen LogP contribution in [0.1, 0.15) is 15.9 Å². The molecule has 0 atom stereocenters. The van der Waals surface area contributed by atoms with Gasteiger partial charge in [0.1, 0.15) is 5.82 Å². The van der Waals surface area contributed by atoms with Crippen LogP contribution in [0.25, 0.3) is 5.69 Å². The molecule has 0 aliphatic carbocycles. The zero-order valence-electron chi connectivity index (χ0n) is 11.7. The first kappa shape index (κ1) is 14.0. The minimum atomic E-state index is -0.322. The zero-order chi connectivity index (χ0) is 15.4. The Hall–Kier alpha value is -2.95. The third-order valence-electron chi connectivity index (χ3n) is 3.30. The van der Waals surface area contributed by atoms with Crippen molar-refractivity contribution in [1.82, 2.24) is 15.1 Å². The van der Waals surface area contributed by atoms with Crippen LogP contribution in [0, 0.1) is 5.82 Å². The van der Waals surface area contributed by atoms with Crippen molar-refractivity contribution in [2.45, 2.75) is 6.54 Å². The van der Waals surface area contributed by atoms with Crippen molar-refractivity contribution in [2.24, 2.45) is 0 Å². The second-order valence-corrected chi connectivity index (χ2v) is 4.77. The highest BCUT2D eigenvalue weighted by Gasteiger charge is 2.07. The normalized spacial score (nSPS) is 10.4. The first-order valence-corrected chi connectivity index (χ1v) is 6.86. The number of carbonyl (C=O) groups excluding carboxylic acids is 1. The molecule has 0 spiro atoms. The number of carbonyl (C=O) groups is 1. The minimum absolute atomic E-state index is 0.159. The van der Waals surface area contributed by atoms with Crippen molar-refractivity contribution in [3.8, 4) is 5.69 Å². The number of benzene rings is 2. The molecule has 3 aromatic rings. The van der Waals surface area contributed by atoms with Gasteiger partial charge in [0.2, 0.25) is 0 Å². The summed E-state index contributed by atoms with van der Waals surface area (Å²) in [5.74, 6) is -0.563. The van der Waals surface area contributed by atoms with Crippen LogP contribution in [0.15, 0.2) is 67.0 Å². The number of aromatic nitrogens is 2. The van der Waals surface area contributed by atoms with E-state index >= 15 is 0 Å². The van der Waals surface area contributed by atoms with Crippen LogP contribution < -0.4 is 5.32 Å². The quantitative estimate of drug-likeness (QED) is 0.804. The molecular weight excluding hydrogens is 281 g/mol. The minimum Gasteiger partial charge on any atom is -0.348 e. The van der Waals surface area contributed by atoms with Crippen molar-refractivity contribution in [2.75, 3.05) is 0 Å². The summed E-state index contributed by atoms with van der Waals surface area (Å²) in [4.78, 5) is 12.1. The molecule has 1 aromatic heterocycles. The standard InChI is InChI=1S/C17H14FN3O/c18-16-5-2-1-4-14(16)12-19-17(22)13-6-8-15(9-7-13)21-11-3-10-20-21/h1-11H,12H2,(H,19,22). The van der Waals surface area contributed by atoms with Crippen molar-refractivity contribution < 1.29 is 9.18 Å². The molecule has 110 valence electrons. The van der Waals surface area contributed by atoms with Crippen LogP contribution in [-0.4, -0.2) is 15.7 Å². The molecule has 22 heavy (non-hydrogen) atoms. The summed E-state index contributed by atoms with van der Waals surface area (Å²) in [7, 11) is 0. The first-order valence-electron chi connectivity index (χ1n) is 6.86. The lowest BCUT2D eigenvalue weighted by Crippen LogP contribution is -2.23. The molecular formula is C17H14FN3O. The Kier molecular flexibility index (Phi) is 3.96. The number of halogens is 1. The second-order valence-electron chi connectivity index (χ2n) is 4.77. The molecule has 0 aliphatic heterocycles. The van der Waals surface area contributed by atoms with Gasteiger partial charge in [-0.25, -0.2) is 9.07 Å². The molecule has 4 nitrogen and oxygen atoms in total. The summed E-state index contributed by atoms with van der Waals surface area (Å²) in [6, 6.07) is 15.3. The van der Waals surface area contributed by atoms with Crippen LogP contribution in [0.5, 0.6) is 0 Å². The van der Waals surface area contributed by atoms with Gasteiger partial charge in [-0.15, -0.1) is 0 Å². The highest BCUT2D eigenvalue weighted by Crippen LogP contribution is 2.10. The highest BCUT2D eigenvalue weighted by atomic mass is 19.1. The average molecular weight is 295 g/mol. The topological polar surface area (TPSA) is 46.9 Å². The van der Waals surface area contributed by atoms with Crippen molar-refractivity contribution in [1.29, 1.82) is 0 Å². The summed E-state index contributed by atoms with van der Waals surface area (Å²) >= 11 is 0. The van der Waals surface area contributed by atoms with Crippen molar-refractivity contribution >= 4 is 5.91 Å². The fourth-order valence-electron chi connectivity index (χ4n) is 2.11. The Morgan fingerprint density at radius 3 is 2.55 bits per heavy atom. The summed E-state index contributed by atoms with van der Waals surface area (Å²) in [6.45, 7) is 0.159. The van der Waals surface area contributed by atoms with E-state index in [1.54, 1.807) is 41.2 Å². The summed E-state index contributed by atoms with van der Waals surface area (Å²) in [6.07, 6.45) is 3.52. The number of nitrogens with zero attached hydrogens (tertiary/aromatic N) is 2. The molecule has 0 bridgehead atoms. The number of hydrogen-bond donors (Lipinski definition) is 1. The first-order chi connectivity index (χ1) is 10.7. The fraction of sp³-hybridized carbons (Fsp3) is 0.0588. The van der Waals surface area contributed by atoms with Crippen molar-refractivity contribution in [3.63, 3.8) is 0 Å². The van der Waals surface area contributed by atoms with Gasteiger partial charge in [-0.3, -0.25) is 4.79 Å².